The van der Waals surface area contributed by atoms with E-state index in [1.165, 1.54) is 38.5 Å². The van der Waals surface area contributed by atoms with Gasteiger partial charge in [0.05, 0.1) is 12.7 Å². The summed E-state index contributed by atoms with van der Waals surface area (Å²) in [5.74, 6) is 1.54. The van der Waals surface area contributed by atoms with Crippen LogP contribution in [0.4, 0.5) is 8.78 Å². The van der Waals surface area contributed by atoms with Gasteiger partial charge in [0.15, 0.2) is 11.5 Å². The summed E-state index contributed by atoms with van der Waals surface area (Å²) in [6.07, 6.45) is 15.0. The summed E-state index contributed by atoms with van der Waals surface area (Å²) < 4.78 is 41.0. The van der Waals surface area contributed by atoms with Gasteiger partial charge < -0.3 is 9.47 Å². The molecular weight excluding hydrogens is 394 g/mol. The van der Waals surface area contributed by atoms with Crippen molar-refractivity contribution in [3.8, 4) is 11.5 Å². The van der Waals surface area contributed by atoms with Crippen LogP contribution in [-0.4, -0.2) is 12.7 Å². The molecule has 1 aromatic rings. The summed E-state index contributed by atoms with van der Waals surface area (Å²) in [5.41, 5.74) is 0.747. The van der Waals surface area contributed by atoms with Gasteiger partial charge in [-0.3, -0.25) is 0 Å². The number of benzene rings is 1. The number of rotatable bonds is 7. The Morgan fingerprint density at radius 1 is 0.935 bits per heavy atom. The molecule has 2 fully saturated rings. The fourth-order valence-corrected chi connectivity index (χ4v) is 6.02. The molecule has 3 aliphatic rings. The van der Waals surface area contributed by atoms with E-state index in [2.05, 4.69) is 13.8 Å². The highest BCUT2D eigenvalue weighted by Gasteiger charge is 2.31. The van der Waals surface area contributed by atoms with E-state index in [0.29, 0.717) is 12.5 Å². The molecule has 174 valence electrons. The quantitative estimate of drug-likeness (QED) is 0.435. The van der Waals surface area contributed by atoms with Crippen LogP contribution in [0.2, 0.25) is 0 Å². The van der Waals surface area contributed by atoms with Gasteiger partial charge in [-0.25, -0.2) is 0 Å². The molecule has 0 N–H and O–H groups in total. The zero-order chi connectivity index (χ0) is 21.8. The number of hydrogen-bond donors (Lipinski definition) is 0. The molecule has 2 nitrogen and oxygen atoms in total. The Labute approximate surface area is 187 Å². The molecule has 0 radical (unpaired) electrons. The molecule has 0 saturated heterocycles. The molecule has 31 heavy (non-hydrogen) atoms. The number of hydrogen-bond acceptors (Lipinski definition) is 2. The smallest absolute Gasteiger partial charge is 0.204 e. The summed E-state index contributed by atoms with van der Waals surface area (Å²) in [7, 11) is 0. The highest BCUT2D eigenvalue weighted by molar-refractivity contribution is 5.44. The molecule has 0 amide bonds. The molecule has 4 heteroatoms. The van der Waals surface area contributed by atoms with E-state index >= 15 is 0 Å². The molecule has 2 saturated carbocycles. The predicted molar refractivity (Wildman–Crippen MR) is 121 cm³/mol. The molecule has 1 aromatic carbocycles. The lowest BCUT2D eigenvalue weighted by Crippen LogP contribution is -2.27. The topological polar surface area (TPSA) is 18.5 Å². The van der Waals surface area contributed by atoms with Crippen molar-refractivity contribution < 1.29 is 18.3 Å². The van der Waals surface area contributed by atoms with Gasteiger partial charge in [0.25, 0.3) is 0 Å². The molecule has 4 rings (SSSR count). The highest BCUT2D eigenvalue weighted by atomic mass is 19.2. The van der Waals surface area contributed by atoms with Crippen molar-refractivity contribution in [2.24, 2.45) is 23.7 Å². The van der Waals surface area contributed by atoms with Crippen molar-refractivity contribution in [1.29, 1.82) is 0 Å². The van der Waals surface area contributed by atoms with Crippen molar-refractivity contribution in [3.63, 3.8) is 0 Å². The number of aryl methyl sites for hydroxylation is 1. The number of halogens is 2. The van der Waals surface area contributed by atoms with Crippen LogP contribution in [0.15, 0.2) is 6.07 Å². The third-order valence-corrected chi connectivity index (χ3v) is 8.20. The van der Waals surface area contributed by atoms with Crippen LogP contribution in [0, 0.1) is 35.3 Å². The Balaban J connectivity index is 1.29. The average molecular weight is 435 g/mol. The zero-order valence-corrected chi connectivity index (χ0v) is 19.4. The maximum Gasteiger partial charge on any atom is 0.204 e. The van der Waals surface area contributed by atoms with Crippen LogP contribution in [0.1, 0.15) is 96.5 Å². The maximum absolute atomic E-state index is 14.7. The molecular formula is C27H40F2O2. The zero-order valence-electron chi connectivity index (χ0n) is 19.4. The maximum atomic E-state index is 14.7. The Bertz CT molecular complexity index is 718. The van der Waals surface area contributed by atoms with Gasteiger partial charge in [-0.05, 0) is 87.5 Å². The molecule has 1 heterocycles. The van der Waals surface area contributed by atoms with E-state index in [1.807, 2.05) is 0 Å². The van der Waals surface area contributed by atoms with Crippen LogP contribution in [0.5, 0.6) is 11.5 Å². The van der Waals surface area contributed by atoms with Gasteiger partial charge in [0.2, 0.25) is 11.6 Å². The lowest BCUT2D eigenvalue weighted by molar-refractivity contribution is 0.123. The largest absolute Gasteiger partial charge is 0.490 e. The minimum atomic E-state index is -0.889. The first-order chi connectivity index (χ1) is 15.0. The summed E-state index contributed by atoms with van der Waals surface area (Å²) >= 11 is 0. The van der Waals surface area contributed by atoms with E-state index in [4.69, 9.17) is 9.47 Å². The minimum Gasteiger partial charge on any atom is -0.490 e. The lowest BCUT2D eigenvalue weighted by atomic mass is 9.69. The number of unbranched alkanes of at least 4 members (excludes halogenated alkanes) is 1. The third-order valence-electron chi connectivity index (χ3n) is 8.20. The molecule has 0 aromatic heterocycles. The van der Waals surface area contributed by atoms with Crippen LogP contribution in [0.25, 0.3) is 0 Å². The molecule has 1 aliphatic heterocycles. The predicted octanol–water partition coefficient (Wildman–Crippen LogP) is 7.86. The van der Waals surface area contributed by atoms with Crippen molar-refractivity contribution in [3.05, 3.63) is 23.3 Å². The standard InChI is InChI=1S/C27H40F2O2/c1-3-4-5-23-15-14-22-16-24(25(28)26(29)27(22)31-23)30-17-19-8-12-21(13-9-19)20-10-6-18(2)7-11-20/h16,18-21,23H,3-15,17H2,1-2H3. The van der Waals surface area contributed by atoms with Gasteiger partial charge in [0.1, 0.15) is 0 Å². The first-order valence-electron chi connectivity index (χ1n) is 12.9. The summed E-state index contributed by atoms with van der Waals surface area (Å²) in [6.45, 7) is 5.00. The van der Waals surface area contributed by atoms with Crippen molar-refractivity contribution in [2.75, 3.05) is 6.61 Å². The van der Waals surface area contributed by atoms with Crippen molar-refractivity contribution >= 4 is 0 Å². The van der Waals surface area contributed by atoms with Crippen LogP contribution in [-0.2, 0) is 6.42 Å². The Hall–Kier alpha value is -1.32. The fraction of sp³-hybridized carbons (Fsp3) is 0.778. The fourth-order valence-electron chi connectivity index (χ4n) is 6.02. The van der Waals surface area contributed by atoms with Crippen molar-refractivity contribution in [2.45, 2.75) is 103 Å². The third kappa shape index (κ3) is 5.54. The highest BCUT2D eigenvalue weighted by Crippen LogP contribution is 2.42. The summed E-state index contributed by atoms with van der Waals surface area (Å²) in [5, 5.41) is 0. The second kappa shape index (κ2) is 10.5. The molecule has 1 unspecified atom stereocenters. The normalized spacial score (nSPS) is 31.0. The SMILES string of the molecule is CCCCC1CCc2cc(OCC3CCC(C4CCC(C)CC4)CC3)c(F)c(F)c2O1. The van der Waals surface area contributed by atoms with Gasteiger partial charge in [0, 0.05) is 5.56 Å². The van der Waals surface area contributed by atoms with Crippen molar-refractivity contribution in [1.82, 2.24) is 0 Å². The first-order valence-corrected chi connectivity index (χ1v) is 12.9. The van der Waals surface area contributed by atoms with Gasteiger partial charge in [-0.2, -0.15) is 8.78 Å². The van der Waals surface area contributed by atoms with Crippen LogP contribution >= 0.6 is 0 Å². The summed E-state index contributed by atoms with van der Waals surface area (Å²) in [6, 6.07) is 1.68. The van der Waals surface area contributed by atoms with Crippen LogP contribution < -0.4 is 9.47 Å². The molecule has 2 aliphatic carbocycles. The first kappa shape index (κ1) is 22.9. The summed E-state index contributed by atoms with van der Waals surface area (Å²) in [4.78, 5) is 0. The Morgan fingerprint density at radius 3 is 2.29 bits per heavy atom. The van der Waals surface area contributed by atoms with E-state index in [9.17, 15) is 8.78 Å². The van der Waals surface area contributed by atoms with Crippen LogP contribution in [0.3, 0.4) is 0 Å². The van der Waals surface area contributed by atoms with E-state index in [0.717, 1.165) is 68.3 Å². The van der Waals surface area contributed by atoms with E-state index in [1.54, 1.807) is 6.07 Å². The van der Waals surface area contributed by atoms with Gasteiger partial charge >= 0.3 is 0 Å². The minimum absolute atomic E-state index is 0.00400. The second-order valence-electron chi connectivity index (χ2n) is 10.5. The molecule has 1 atom stereocenters. The Kier molecular flexibility index (Phi) is 7.77. The van der Waals surface area contributed by atoms with E-state index in [-0.39, 0.29) is 17.6 Å². The van der Waals surface area contributed by atoms with E-state index < -0.39 is 11.6 Å². The molecule has 0 spiro atoms. The van der Waals surface area contributed by atoms with Gasteiger partial charge in [-0.15, -0.1) is 0 Å². The lowest BCUT2D eigenvalue weighted by Gasteiger charge is -2.37. The Morgan fingerprint density at radius 2 is 1.61 bits per heavy atom. The molecule has 0 bridgehead atoms. The van der Waals surface area contributed by atoms with Gasteiger partial charge in [-0.1, -0.05) is 39.5 Å². The average Bonchev–Trinajstić information content (AvgIpc) is 2.80. The second-order valence-corrected chi connectivity index (χ2v) is 10.5. The monoisotopic (exact) mass is 434 g/mol. The number of fused-ring (bicyclic) bond motifs is 1. The number of ether oxygens (including phenoxy) is 2.